The second-order valence-electron chi connectivity index (χ2n) is 9.70. The lowest BCUT2D eigenvalue weighted by molar-refractivity contribution is 0.0509. The molecule has 33 heavy (non-hydrogen) atoms. The van der Waals surface area contributed by atoms with Gasteiger partial charge in [0.05, 0.1) is 13.5 Å². The number of ether oxygens (including phenoxy) is 2. The van der Waals surface area contributed by atoms with Gasteiger partial charge in [-0.3, -0.25) is 5.32 Å². The number of rotatable bonds is 22. The molecule has 202 valence electrons. The maximum Gasteiger partial charge on any atom is 0.501 e. The Bertz CT molecular complexity index is 460. The van der Waals surface area contributed by atoms with Crippen LogP contribution >= 0.6 is 10.3 Å². The second-order valence-corrected chi connectivity index (χ2v) is 24.4. The molecule has 1 unspecified atom stereocenters. The topological polar surface area (TPSA) is 76.6 Å². The van der Waals surface area contributed by atoms with Crippen molar-refractivity contribution >= 4 is 36.0 Å². The van der Waals surface area contributed by atoms with Gasteiger partial charge < -0.3 is 30.7 Å². The average molecular weight is 548 g/mol. The van der Waals surface area contributed by atoms with Crippen molar-refractivity contribution in [2.75, 3.05) is 65.3 Å². The first-order chi connectivity index (χ1) is 15.3. The van der Waals surface area contributed by atoms with Crippen molar-refractivity contribution in [2.24, 2.45) is 0 Å². The van der Waals surface area contributed by atoms with E-state index in [2.05, 4.69) is 50.3 Å². The van der Waals surface area contributed by atoms with E-state index in [1.165, 1.54) is 0 Å². The Morgan fingerprint density at radius 1 is 0.697 bits per heavy atom. The highest BCUT2D eigenvalue weighted by Crippen LogP contribution is 2.42. The SMILES string of the molecule is CCO[Si](CCCOCNCOCCC[Si](C)(O[Si](C)(C)C)OS(C)(C)C)(OCC)OCC. The van der Waals surface area contributed by atoms with Gasteiger partial charge >= 0.3 is 17.4 Å². The first kappa shape index (κ1) is 33.7. The molecule has 1 N–H and O–H groups in total. The van der Waals surface area contributed by atoms with Crippen LogP contribution in [0.3, 0.4) is 0 Å². The molecule has 0 aliphatic rings. The molecule has 1 atom stereocenters. The normalized spacial score (nSPS) is 15.6. The molecule has 0 aromatic rings. The van der Waals surface area contributed by atoms with E-state index in [-0.39, 0.29) is 0 Å². The Labute approximate surface area is 209 Å². The Balaban J connectivity index is 4.05. The Morgan fingerprint density at radius 3 is 1.55 bits per heavy atom. The molecule has 0 radical (unpaired) electrons. The maximum atomic E-state index is 6.51. The molecule has 0 saturated carbocycles. The van der Waals surface area contributed by atoms with Crippen LogP contribution in [0.4, 0.5) is 0 Å². The van der Waals surface area contributed by atoms with Crippen LogP contribution in [-0.4, -0.2) is 90.9 Å². The van der Waals surface area contributed by atoms with Crippen molar-refractivity contribution in [2.45, 2.75) is 71.9 Å². The third kappa shape index (κ3) is 18.6. The standard InChI is InChI=1S/C21H53NO7SSi3/c1-11-25-33(26-12-2,27-13-3)19-15-17-24-21-22-20-23-16-14-18-32(10,28-30(4,5)6)29-31(7,8)9/h22H,11-21H2,1-10H3. The fourth-order valence-electron chi connectivity index (χ4n) is 3.50. The van der Waals surface area contributed by atoms with Crippen LogP contribution in [0.15, 0.2) is 0 Å². The van der Waals surface area contributed by atoms with Crippen LogP contribution in [0.25, 0.3) is 0 Å². The molecule has 0 aliphatic carbocycles. The summed E-state index contributed by atoms with van der Waals surface area (Å²) >= 11 is 0. The fraction of sp³-hybridized carbons (Fsp3) is 1.00. The second kappa shape index (κ2) is 17.2. The quantitative estimate of drug-likeness (QED) is 0.116. The minimum absolute atomic E-state index is 0.453. The summed E-state index contributed by atoms with van der Waals surface area (Å²) in [6, 6.07) is 1.71. The first-order valence-corrected chi connectivity index (χ1v) is 22.8. The summed E-state index contributed by atoms with van der Waals surface area (Å²) in [6.07, 6.45) is 8.31. The third-order valence-corrected chi connectivity index (χ3v) is 16.1. The zero-order valence-electron chi connectivity index (χ0n) is 23.0. The predicted octanol–water partition coefficient (Wildman–Crippen LogP) is 4.90. The van der Waals surface area contributed by atoms with E-state index >= 15 is 0 Å². The molecular formula is C21H53NO7SSi3. The van der Waals surface area contributed by atoms with Gasteiger partial charge in [0.25, 0.3) is 0 Å². The maximum absolute atomic E-state index is 6.51. The van der Waals surface area contributed by atoms with Crippen LogP contribution < -0.4 is 5.32 Å². The van der Waals surface area contributed by atoms with Crippen molar-refractivity contribution in [1.82, 2.24) is 5.32 Å². The monoisotopic (exact) mass is 547 g/mol. The molecule has 0 fully saturated rings. The van der Waals surface area contributed by atoms with Gasteiger partial charge in [-0.15, -0.1) is 0 Å². The molecule has 12 heteroatoms. The minimum atomic E-state index is -2.57. The summed E-state index contributed by atoms with van der Waals surface area (Å²) in [5, 5.41) is 3.17. The summed E-state index contributed by atoms with van der Waals surface area (Å²) in [5.74, 6) is 0. The van der Waals surface area contributed by atoms with Crippen molar-refractivity contribution < 1.29 is 30.7 Å². The van der Waals surface area contributed by atoms with Crippen molar-refractivity contribution in [1.29, 1.82) is 0 Å². The average Bonchev–Trinajstić information content (AvgIpc) is 2.63. The lowest BCUT2D eigenvalue weighted by Gasteiger charge is -2.40. The summed E-state index contributed by atoms with van der Waals surface area (Å²) in [5.41, 5.74) is 0. The molecule has 0 bridgehead atoms. The zero-order valence-corrected chi connectivity index (χ0v) is 26.9. The molecule has 8 nitrogen and oxygen atoms in total. The highest BCUT2D eigenvalue weighted by molar-refractivity contribution is 8.28. The predicted molar refractivity (Wildman–Crippen MR) is 147 cm³/mol. The summed E-state index contributed by atoms with van der Waals surface area (Å²) in [4.78, 5) is 0. The van der Waals surface area contributed by atoms with E-state index in [4.69, 9.17) is 30.7 Å². The Kier molecular flexibility index (Phi) is 17.5. The van der Waals surface area contributed by atoms with E-state index in [0.29, 0.717) is 46.5 Å². The van der Waals surface area contributed by atoms with Crippen LogP contribution in [0.5, 0.6) is 0 Å². The third-order valence-electron chi connectivity index (χ3n) is 4.14. The van der Waals surface area contributed by atoms with E-state index in [1.807, 2.05) is 20.8 Å². The van der Waals surface area contributed by atoms with Crippen LogP contribution in [0.2, 0.25) is 38.3 Å². The van der Waals surface area contributed by atoms with Crippen LogP contribution in [-0.2, 0) is 30.7 Å². The van der Waals surface area contributed by atoms with Gasteiger partial charge in [-0.05, 0) is 84.6 Å². The molecule has 0 spiro atoms. The Hall–Kier alpha value is 0.681. The molecule has 0 rings (SSSR count). The highest BCUT2D eigenvalue weighted by atomic mass is 32.3. The number of hydrogen-bond donors (Lipinski definition) is 1. The summed E-state index contributed by atoms with van der Waals surface area (Å²) < 4.78 is 42.0. The molecule has 0 aromatic carbocycles. The largest absolute Gasteiger partial charge is 0.501 e. The smallest absolute Gasteiger partial charge is 0.436 e. The molecule has 0 amide bonds. The highest BCUT2D eigenvalue weighted by Gasteiger charge is 2.40. The van der Waals surface area contributed by atoms with Gasteiger partial charge in [-0.1, -0.05) is 0 Å². The van der Waals surface area contributed by atoms with Gasteiger partial charge in [0.15, 0.2) is 8.32 Å². The molecular weight excluding hydrogens is 495 g/mol. The van der Waals surface area contributed by atoms with E-state index < -0.39 is 36.0 Å². The van der Waals surface area contributed by atoms with Crippen molar-refractivity contribution in [3.63, 3.8) is 0 Å². The van der Waals surface area contributed by atoms with E-state index in [1.54, 1.807) is 0 Å². The minimum Gasteiger partial charge on any atom is -0.436 e. The lowest BCUT2D eigenvalue weighted by Crippen LogP contribution is -2.47. The molecule has 0 aliphatic heterocycles. The van der Waals surface area contributed by atoms with Gasteiger partial charge in [0.2, 0.25) is 0 Å². The van der Waals surface area contributed by atoms with Crippen LogP contribution in [0.1, 0.15) is 33.6 Å². The zero-order chi connectivity index (χ0) is 25.4. The van der Waals surface area contributed by atoms with Gasteiger partial charge in [-0.25, -0.2) is 0 Å². The fourth-order valence-corrected chi connectivity index (χ4v) is 17.5. The Morgan fingerprint density at radius 2 is 1.15 bits per heavy atom. The van der Waals surface area contributed by atoms with E-state index in [0.717, 1.165) is 24.9 Å². The summed E-state index contributed by atoms with van der Waals surface area (Å²) in [6.45, 7) is 18.8. The van der Waals surface area contributed by atoms with Crippen LogP contribution in [0, 0.1) is 0 Å². The van der Waals surface area contributed by atoms with Crippen molar-refractivity contribution in [3.8, 4) is 0 Å². The summed E-state index contributed by atoms with van der Waals surface area (Å²) in [7, 11) is -7.49. The van der Waals surface area contributed by atoms with E-state index in [9.17, 15) is 0 Å². The molecule has 0 saturated heterocycles. The lowest BCUT2D eigenvalue weighted by atomic mass is 10.5. The van der Waals surface area contributed by atoms with Gasteiger partial charge in [0.1, 0.15) is 0 Å². The van der Waals surface area contributed by atoms with Gasteiger partial charge in [-0.2, -0.15) is 10.3 Å². The van der Waals surface area contributed by atoms with Crippen molar-refractivity contribution in [3.05, 3.63) is 0 Å². The molecule has 0 aromatic heterocycles. The number of hydrogen-bond acceptors (Lipinski definition) is 8. The number of nitrogens with one attached hydrogen (secondary N) is 1. The first-order valence-electron chi connectivity index (χ1n) is 12.2. The van der Waals surface area contributed by atoms with Gasteiger partial charge in [0, 0.05) is 39.1 Å². The molecule has 0 heterocycles.